The molecule has 1 atom stereocenters. The molecule has 0 aromatic carbocycles. The molecule has 0 aliphatic carbocycles. The van der Waals surface area contributed by atoms with E-state index in [-0.39, 0.29) is 25.2 Å². The Morgan fingerprint density at radius 1 is 0.431 bits per heavy atom. The number of esters is 2. The number of hydrogen-bond donors (Lipinski definition) is 1. The van der Waals surface area contributed by atoms with Crippen molar-refractivity contribution in [2.24, 2.45) is 0 Å². The summed E-state index contributed by atoms with van der Waals surface area (Å²) in [7, 11) is 0. The zero-order chi connectivity index (χ0) is 37.1. The summed E-state index contributed by atoms with van der Waals surface area (Å²) in [6, 6.07) is 0. The molecule has 0 aromatic heterocycles. The number of aliphatic hydroxyl groups excluding tert-OH is 1. The van der Waals surface area contributed by atoms with Gasteiger partial charge in [0.15, 0.2) is 6.10 Å². The number of rotatable bonds is 42. The fraction of sp³-hybridized carbons (Fsp3) is 0.913. The van der Waals surface area contributed by atoms with Crippen LogP contribution in [0.15, 0.2) is 12.2 Å². The molecular weight excluding hydrogens is 633 g/mol. The highest BCUT2D eigenvalue weighted by molar-refractivity contribution is 5.70. The number of aliphatic hydroxyl groups is 1. The Morgan fingerprint density at radius 3 is 1.06 bits per heavy atom. The second kappa shape index (κ2) is 43.0. The van der Waals surface area contributed by atoms with Crippen molar-refractivity contribution < 1.29 is 24.2 Å². The molecule has 0 aliphatic heterocycles. The van der Waals surface area contributed by atoms with Gasteiger partial charge < -0.3 is 14.6 Å². The van der Waals surface area contributed by atoms with Crippen molar-refractivity contribution in [1.82, 2.24) is 0 Å². The van der Waals surface area contributed by atoms with Crippen LogP contribution in [-0.4, -0.2) is 36.4 Å². The molecule has 0 radical (unpaired) electrons. The monoisotopic (exact) mass is 721 g/mol. The number of allylic oxidation sites excluding steroid dienone is 2. The first-order valence-corrected chi connectivity index (χ1v) is 22.7. The number of hydrogen-bond acceptors (Lipinski definition) is 5. The van der Waals surface area contributed by atoms with E-state index in [1.165, 1.54) is 186 Å². The van der Waals surface area contributed by atoms with Crippen molar-refractivity contribution in [1.29, 1.82) is 0 Å². The van der Waals surface area contributed by atoms with Gasteiger partial charge in [-0.1, -0.05) is 212 Å². The quantitative estimate of drug-likeness (QED) is 0.0386. The van der Waals surface area contributed by atoms with Gasteiger partial charge in [0.2, 0.25) is 0 Å². The van der Waals surface area contributed by atoms with Crippen LogP contribution in [0.5, 0.6) is 0 Å². The maximum atomic E-state index is 12.1. The van der Waals surface area contributed by atoms with Gasteiger partial charge in [-0.3, -0.25) is 9.59 Å². The van der Waals surface area contributed by atoms with E-state index in [2.05, 4.69) is 26.0 Å². The van der Waals surface area contributed by atoms with E-state index in [1.807, 2.05) is 0 Å². The fourth-order valence-electron chi connectivity index (χ4n) is 6.85. The Bertz CT molecular complexity index is 735. The lowest BCUT2D eigenvalue weighted by atomic mass is 10.0. The Morgan fingerprint density at radius 2 is 0.725 bits per heavy atom. The summed E-state index contributed by atoms with van der Waals surface area (Å²) in [6.45, 7) is 4.09. The van der Waals surface area contributed by atoms with Crippen molar-refractivity contribution in [2.75, 3.05) is 13.2 Å². The molecule has 0 aliphatic rings. The minimum absolute atomic E-state index is 0.0604. The lowest BCUT2D eigenvalue weighted by molar-refractivity contribution is -0.161. The summed E-state index contributed by atoms with van der Waals surface area (Å²) < 4.78 is 10.5. The first kappa shape index (κ1) is 49.6. The van der Waals surface area contributed by atoms with E-state index in [0.29, 0.717) is 12.8 Å². The normalized spacial score (nSPS) is 12.1. The van der Waals surface area contributed by atoms with Gasteiger partial charge in [0.25, 0.3) is 0 Å². The second-order valence-electron chi connectivity index (χ2n) is 15.5. The molecule has 5 heteroatoms. The predicted molar refractivity (Wildman–Crippen MR) is 219 cm³/mol. The van der Waals surface area contributed by atoms with E-state index < -0.39 is 6.10 Å². The van der Waals surface area contributed by atoms with Crippen LogP contribution in [0, 0.1) is 0 Å². The van der Waals surface area contributed by atoms with Gasteiger partial charge in [-0.2, -0.15) is 0 Å². The van der Waals surface area contributed by atoms with Gasteiger partial charge in [0.05, 0.1) is 6.61 Å². The van der Waals surface area contributed by atoms with Gasteiger partial charge in [0, 0.05) is 12.8 Å². The highest BCUT2D eigenvalue weighted by atomic mass is 16.6. The third kappa shape index (κ3) is 41.3. The standard InChI is InChI=1S/C46H88O5/c1-3-5-7-9-11-12-13-14-15-16-17-18-19-20-21-22-23-24-25-26-27-28-29-30-31-32-33-34-35-37-39-41-46(49)51-44(42-47)43-50-45(48)40-38-36-10-8-6-4-2/h16-17,44,47H,3-15,18-43H2,1-2H3/b17-16-. The van der Waals surface area contributed by atoms with Gasteiger partial charge in [-0.25, -0.2) is 0 Å². The molecule has 0 rings (SSSR count). The van der Waals surface area contributed by atoms with Gasteiger partial charge in [-0.15, -0.1) is 0 Å². The molecular formula is C46H88O5. The molecule has 51 heavy (non-hydrogen) atoms. The van der Waals surface area contributed by atoms with E-state index >= 15 is 0 Å². The zero-order valence-corrected chi connectivity index (χ0v) is 34.4. The smallest absolute Gasteiger partial charge is 0.306 e. The number of ether oxygens (including phenoxy) is 2. The first-order chi connectivity index (χ1) is 25.1. The summed E-state index contributed by atoms with van der Waals surface area (Å²) in [5.41, 5.74) is 0. The Balaban J connectivity index is 3.34. The predicted octanol–water partition coefficient (Wildman–Crippen LogP) is 14.5. The molecule has 0 aromatic rings. The molecule has 0 amide bonds. The van der Waals surface area contributed by atoms with E-state index in [4.69, 9.17) is 9.47 Å². The third-order valence-corrected chi connectivity index (χ3v) is 10.3. The van der Waals surface area contributed by atoms with Crippen molar-refractivity contribution in [2.45, 2.75) is 258 Å². The molecule has 1 unspecified atom stereocenters. The lowest BCUT2D eigenvalue weighted by Crippen LogP contribution is -2.28. The molecule has 0 fully saturated rings. The lowest BCUT2D eigenvalue weighted by Gasteiger charge is -2.15. The fourth-order valence-corrected chi connectivity index (χ4v) is 6.85. The molecule has 0 bridgehead atoms. The number of carbonyl (C=O) groups is 2. The van der Waals surface area contributed by atoms with Crippen LogP contribution in [0.4, 0.5) is 0 Å². The molecule has 0 heterocycles. The van der Waals surface area contributed by atoms with E-state index in [1.54, 1.807) is 0 Å². The van der Waals surface area contributed by atoms with Crippen LogP contribution < -0.4 is 0 Å². The third-order valence-electron chi connectivity index (χ3n) is 10.3. The van der Waals surface area contributed by atoms with Crippen molar-refractivity contribution in [3.05, 3.63) is 12.2 Å². The number of carbonyl (C=O) groups excluding carboxylic acids is 2. The highest BCUT2D eigenvalue weighted by Crippen LogP contribution is 2.16. The summed E-state index contributed by atoms with van der Waals surface area (Å²) in [6.07, 6.45) is 50.6. The summed E-state index contributed by atoms with van der Waals surface area (Å²) in [4.78, 5) is 24.1. The highest BCUT2D eigenvalue weighted by Gasteiger charge is 2.16. The largest absolute Gasteiger partial charge is 0.462 e. The first-order valence-electron chi connectivity index (χ1n) is 22.7. The number of unbranched alkanes of at least 4 members (excludes halogenated alkanes) is 32. The molecule has 0 saturated carbocycles. The van der Waals surface area contributed by atoms with Crippen molar-refractivity contribution in [3.63, 3.8) is 0 Å². The van der Waals surface area contributed by atoms with Crippen LogP contribution in [-0.2, 0) is 19.1 Å². The molecule has 0 spiro atoms. The SMILES string of the molecule is CCCCCCCCCC/C=C\CCCCCCCCCCCCCCCCCCCCCC(=O)OC(CO)COC(=O)CCCCCCCC. The Labute approximate surface area is 318 Å². The maximum absolute atomic E-state index is 12.1. The van der Waals surface area contributed by atoms with Crippen molar-refractivity contribution >= 4 is 11.9 Å². The Kier molecular flexibility index (Phi) is 41.9. The Hall–Kier alpha value is -1.36. The van der Waals surface area contributed by atoms with Crippen LogP contribution in [0.3, 0.4) is 0 Å². The average molecular weight is 721 g/mol. The molecule has 1 N–H and O–H groups in total. The topological polar surface area (TPSA) is 72.8 Å². The van der Waals surface area contributed by atoms with E-state index in [9.17, 15) is 14.7 Å². The summed E-state index contributed by atoms with van der Waals surface area (Å²) in [5, 5.41) is 9.50. The molecule has 302 valence electrons. The summed E-state index contributed by atoms with van der Waals surface area (Å²) in [5.74, 6) is -0.589. The zero-order valence-electron chi connectivity index (χ0n) is 34.4. The molecule has 5 nitrogen and oxygen atoms in total. The van der Waals surface area contributed by atoms with E-state index in [0.717, 1.165) is 38.5 Å². The van der Waals surface area contributed by atoms with Crippen LogP contribution in [0.1, 0.15) is 251 Å². The van der Waals surface area contributed by atoms with Gasteiger partial charge in [0.1, 0.15) is 6.61 Å². The van der Waals surface area contributed by atoms with Crippen molar-refractivity contribution in [3.8, 4) is 0 Å². The minimum Gasteiger partial charge on any atom is -0.462 e. The average Bonchev–Trinajstić information content (AvgIpc) is 3.13. The van der Waals surface area contributed by atoms with Gasteiger partial charge >= 0.3 is 11.9 Å². The van der Waals surface area contributed by atoms with Crippen LogP contribution in [0.25, 0.3) is 0 Å². The maximum Gasteiger partial charge on any atom is 0.306 e. The van der Waals surface area contributed by atoms with Crippen LogP contribution in [0.2, 0.25) is 0 Å². The second-order valence-corrected chi connectivity index (χ2v) is 15.5. The minimum atomic E-state index is -0.761. The van der Waals surface area contributed by atoms with Crippen LogP contribution >= 0.6 is 0 Å². The summed E-state index contributed by atoms with van der Waals surface area (Å²) >= 11 is 0. The van der Waals surface area contributed by atoms with Gasteiger partial charge in [-0.05, 0) is 38.5 Å². The molecule has 0 saturated heterocycles.